The van der Waals surface area contributed by atoms with E-state index in [-0.39, 0.29) is 11.9 Å². The van der Waals surface area contributed by atoms with Gasteiger partial charge in [-0.05, 0) is 26.0 Å². The number of rotatable bonds is 2. The standard InChI is InChI=1S/C16H20N4O/c1-12-3-5-14(6-4-12)19-9-10-20(13(2)11-19)16(21)15-17-7-8-18-15/h3-8,13H,9-11H2,1-2H3,(H,17,18)/t13-/m1/s1. The van der Waals surface area contributed by atoms with Gasteiger partial charge in [0.2, 0.25) is 0 Å². The van der Waals surface area contributed by atoms with Crippen LogP contribution in [0.4, 0.5) is 5.69 Å². The summed E-state index contributed by atoms with van der Waals surface area (Å²) in [5.41, 5.74) is 2.48. The molecule has 0 aliphatic carbocycles. The second-order valence-electron chi connectivity index (χ2n) is 5.57. The summed E-state index contributed by atoms with van der Waals surface area (Å²) in [6, 6.07) is 8.71. The van der Waals surface area contributed by atoms with Crippen LogP contribution in [0.15, 0.2) is 36.7 Å². The number of H-pyrrole nitrogens is 1. The predicted molar refractivity (Wildman–Crippen MR) is 82.5 cm³/mol. The number of imidazole rings is 1. The number of nitrogens with one attached hydrogen (secondary N) is 1. The van der Waals surface area contributed by atoms with Crippen molar-refractivity contribution in [3.8, 4) is 0 Å². The van der Waals surface area contributed by atoms with E-state index in [1.165, 1.54) is 11.3 Å². The quantitative estimate of drug-likeness (QED) is 0.918. The van der Waals surface area contributed by atoms with Gasteiger partial charge in [-0.15, -0.1) is 0 Å². The van der Waals surface area contributed by atoms with Gasteiger partial charge in [-0.3, -0.25) is 4.79 Å². The molecular formula is C16H20N4O. The summed E-state index contributed by atoms with van der Waals surface area (Å²) in [6.07, 6.45) is 3.29. The van der Waals surface area contributed by atoms with Crippen LogP contribution in [0.25, 0.3) is 0 Å². The number of aromatic amines is 1. The van der Waals surface area contributed by atoms with E-state index in [1.54, 1.807) is 12.4 Å². The average Bonchev–Trinajstić information content (AvgIpc) is 3.01. The number of hydrogen-bond acceptors (Lipinski definition) is 3. The molecule has 110 valence electrons. The fourth-order valence-electron chi connectivity index (χ4n) is 2.77. The van der Waals surface area contributed by atoms with Crippen molar-refractivity contribution in [1.82, 2.24) is 14.9 Å². The summed E-state index contributed by atoms with van der Waals surface area (Å²) >= 11 is 0. The fourth-order valence-corrected chi connectivity index (χ4v) is 2.77. The van der Waals surface area contributed by atoms with Gasteiger partial charge < -0.3 is 14.8 Å². The van der Waals surface area contributed by atoms with Crippen LogP contribution in [0.1, 0.15) is 23.1 Å². The zero-order valence-electron chi connectivity index (χ0n) is 12.4. The first-order valence-corrected chi connectivity index (χ1v) is 7.27. The van der Waals surface area contributed by atoms with Crippen LogP contribution in [0.2, 0.25) is 0 Å². The minimum absolute atomic E-state index is 0.0175. The molecule has 0 radical (unpaired) electrons. The van der Waals surface area contributed by atoms with Gasteiger partial charge in [0.25, 0.3) is 5.91 Å². The molecule has 0 unspecified atom stereocenters. The Morgan fingerprint density at radius 1 is 1.29 bits per heavy atom. The second kappa shape index (κ2) is 5.60. The Kier molecular flexibility index (Phi) is 3.64. The van der Waals surface area contributed by atoms with Gasteiger partial charge in [0, 0.05) is 43.8 Å². The van der Waals surface area contributed by atoms with Crippen molar-refractivity contribution in [3.05, 3.63) is 48.0 Å². The molecule has 0 spiro atoms. The summed E-state index contributed by atoms with van der Waals surface area (Å²) in [7, 11) is 0. The minimum Gasteiger partial charge on any atom is -0.368 e. The van der Waals surface area contributed by atoms with Crippen molar-refractivity contribution < 1.29 is 4.79 Å². The van der Waals surface area contributed by atoms with Crippen molar-refractivity contribution in [1.29, 1.82) is 0 Å². The summed E-state index contributed by atoms with van der Waals surface area (Å²) in [5.74, 6) is 0.404. The molecule has 21 heavy (non-hydrogen) atoms. The Morgan fingerprint density at radius 3 is 2.67 bits per heavy atom. The monoisotopic (exact) mass is 284 g/mol. The number of piperazine rings is 1. The summed E-state index contributed by atoms with van der Waals surface area (Å²) in [5, 5.41) is 0. The highest BCUT2D eigenvalue weighted by Gasteiger charge is 2.29. The Balaban J connectivity index is 1.69. The number of aryl methyl sites for hydroxylation is 1. The molecule has 1 aromatic carbocycles. The highest BCUT2D eigenvalue weighted by molar-refractivity contribution is 5.90. The molecule has 1 N–H and O–H groups in total. The Bertz CT molecular complexity index is 606. The van der Waals surface area contributed by atoms with Gasteiger partial charge >= 0.3 is 0 Å². The second-order valence-corrected chi connectivity index (χ2v) is 5.57. The fraction of sp³-hybridized carbons (Fsp3) is 0.375. The number of aromatic nitrogens is 2. The van der Waals surface area contributed by atoms with Gasteiger partial charge in [-0.25, -0.2) is 4.98 Å². The third-order valence-electron chi connectivity index (χ3n) is 3.99. The van der Waals surface area contributed by atoms with Crippen molar-refractivity contribution in [2.24, 2.45) is 0 Å². The van der Waals surface area contributed by atoms with Gasteiger partial charge in [-0.2, -0.15) is 0 Å². The number of anilines is 1. The lowest BCUT2D eigenvalue weighted by molar-refractivity contribution is 0.0662. The molecule has 1 fully saturated rings. The van der Waals surface area contributed by atoms with Crippen LogP contribution in [0.3, 0.4) is 0 Å². The zero-order chi connectivity index (χ0) is 14.8. The third kappa shape index (κ3) is 2.77. The Labute approximate surface area is 124 Å². The number of amides is 1. The van der Waals surface area contributed by atoms with Crippen LogP contribution < -0.4 is 4.90 Å². The van der Waals surface area contributed by atoms with Crippen LogP contribution in [-0.2, 0) is 0 Å². The normalized spacial score (nSPS) is 18.9. The molecule has 1 aliphatic rings. The molecule has 2 heterocycles. The van der Waals surface area contributed by atoms with E-state index in [1.807, 2.05) is 4.90 Å². The minimum atomic E-state index is -0.0175. The molecule has 3 rings (SSSR count). The van der Waals surface area contributed by atoms with Crippen molar-refractivity contribution in [2.75, 3.05) is 24.5 Å². The zero-order valence-corrected chi connectivity index (χ0v) is 12.4. The first kappa shape index (κ1) is 13.7. The summed E-state index contributed by atoms with van der Waals surface area (Å²) in [6.45, 7) is 6.58. The third-order valence-corrected chi connectivity index (χ3v) is 3.99. The number of nitrogens with zero attached hydrogens (tertiary/aromatic N) is 3. The van der Waals surface area contributed by atoms with Gasteiger partial charge in [-0.1, -0.05) is 17.7 Å². The highest BCUT2D eigenvalue weighted by Crippen LogP contribution is 2.20. The predicted octanol–water partition coefficient (Wildman–Crippen LogP) is 2.07. The van der Waals surface area contributed by atoms with E-state index in [2.05, 4.69) is 53.0 Å². The van der Waals surface area contributed by atoms with Gasteiger partial charge in [0.15, 0.2) is 5.82 Å². The smallest absolute Gasteiger partial charge is 0.290 e. The van der Waals surface area contributed by atoms with E-state index in [0.29, 0.717) is 12.4 Å². The van der Waals surface area contributed by atoms with Crippen LogP contribution in [0, 0.1) is 6.92 Å². The molecule has 5 heteroatoms. The van der Waals surface area contributed by atoms with E-state index in [9.17, 15) is 4.79 Å². The number of benzene rings is 1. The van der Waals surface area contributed by atoms with Crippen molar-refractivity contribution in [2.45, 2.75) is 19.9 Å². The lowest BCUT2D eigenvalue weighted by atomic mass is 10.1. The average molecular weight is 284 g/mol. The lowest BCUT2D eigenvalue weighted by Gasteiger charge is -2.40. The molecule has 0 saturated carbocycles. The first-order chi connectivity index (χ1) is 10.1. The highest BCUT2D eigenvalue weighted by atomic mass is 16.2. The van der Waals surface area contributed by atoms with Crippen LogP contribution in [0.5, 0.6) is 0 Å². The van der Waals surface area contributed by atoms with Crippen molar-refractivity contribution >= 4 is 11.6 Å². The number of carbonyl (C=O) groups is 1. The molecule has 1 saturated heterocycles. The molecule has 0 bridgehead atoms. The van der Waals surface area contributed by atoms with Gasteiger partial charge in [0.05, 0.1) is 0 Å². The maximum atomic E-state index is 12.4. The summed E-state index contributed by atoms with van der Waals surface area (Å²) in [4.78, 5) is 23.5. The van der Waals surface area contributed by atoms with Crippen molar-refractivity contribution in [3.63, 3.8) is 0 Å². The van der Waals surface area contributed by atoms with Crippen LogP contribution in [-0.4, -0.2) is 46.5 Å². The maximum Gasteiger partial charge on any atom is 0.290 e. The molecular weight excluding hydrogens is 264 g/mol. The van der Waals surface area contributed by atoms with Crippen LogP contribution >= 0.6 is 0 Å². The molecule has 1 aromatic heterocycles. The lowest BCUT2D eigenvalue weighted by Crippen LogP contribution is -2.54. The summed E-state index contributed by atoms with van der Waals surface area (Å²) < 4.78 is 0. The maximum absolute atomic E-state index is 12.4. The topological polar surface area (TPSA) is 52.2 Å². The van der Waals surface area contributed by atoms with E-state index >= 15 is 0 Å². The molecule has 1 amide bonds. The largest absolute Gasteiger partial charge is 0.368 e. The number of hydrogen-bond donors (Lipinski definition) is 1. The van der Waals surface area contributed by atoms with E-state index in [4.69, 9.17) is 0 Å². The Morgan fingerprint density at radius 2 is 2.05 bits per heavy atom. The van der Waals surface area contributed by atoms with E-state index in [0.717, 1.165) is 13.1 Å². The molecule has 1 aliphatic heterocycles. The molecule has 1 atom stereocenters. The number of carbonyl (C=O) groups excluding carboxylic acids is 1. The van der Waals surface area contributed by atoms with Gasteiger partial charge in [0.1, 0.15) is 0 Å². The molecule has 2 aromatic rings. The Hall–Kier alpha value is -2.30. The molecule has 5 nitrogen and oxygen atoms in total. The first-order valence-electron chi connectivity index (χ1n) is 7.27. The SMILES string of the molecule is Cc1ccc(N2CCN(C(=O)c3ncc[nH]3)[C@H](C)C2)cc1. The van der Waals surface area contributed by atoms with E-state index < -0.39 is 0 Å².